The van der Waals surface area contributed by atoms with Gasteiger partial charge in [-0.3, -0.25) is 0 Å². The van der Waals surface area contributed by atoms with Crippen LogP contribution in [0.5, 0.6) is 0 Å². The third-order valence-corrected chi connectivity index (χ3v) is 2.51. The number of nitrogens with one attached hydrogen (secondary N) is 1. The van der Waals surface area contributed by atoms with Gasteiger partial charge in [0.1, 0.15) is 18.0 Å². The van der Waals surface area contributed by atoms with E-state index in [-0.39, 0.29) is 0 Å². The summed E-state index contributed by atoms with van der Waals surface area (Å²) in [5, 5.41) is 4.22. The normalized spacial score (nSPS) is 12.6. The number of aromatic nitrogens is 3. The first kappa shape index (κ1) is 10.6. The predicted molar refractivity (Wildman–Crippen MR) is 65.1 cm³/mol. The highest BCUT2D eigenvalue weighted by Crippen LogP contribution is 2.19. The predicted octanol–water partition coefficient (Wildman–Crippen LogP) is 1.82. The Morgan fingerprint density at radius 2 is 2.19 bits per heavy atom. The molecule has 0 aromatic carbocycles. The summed E-state index contributed by atoms with van der Waals surface area (Å²) >= 11 is 0. The standard InChI is InChI=1S/C11H15N5/c1-3-7(2)15-10-8-4-5-9(12)16-11(8)14-6-13-10/h4-7H,3H2,1-2H3,(H3,12,13,14,15,16). The average molecular weight is 217 g/mol. The van der Waals surface area contributed by atoms with Crippen LogP contribution < -0.4 is 11.1 Å². The summed E-state index contributed by atoms with van der Waals surface area (Å²) in [6.45, 7) is 4.23. The van der Waals surface area contributed by atoms with Crippen LogP contribution in [-0.4, -0.2) is 21.0 Å². The molecule has 0 saturated carbocycles. The zero-order valence-corrected chi connectivity index (χ0v) is 9.44. The van der Waals surface area contributed by atoms with Gasteiger partial charge in [0.2, 0.25) is 0 Å². The first-order valence-corrected chi connectivity index (χ1v) is 5.34. The lowest BCUT2D eigenvalue weighted by Crippen LogP contribution is -2.15. The van der Waals surface area contributed by atoms with Crippen molar-refractivity contribution in [3.63, 3.8) is 0 Å². The van der Waals surface area contributed by atoms with Crippen LogP contribution in [0.2, 0.25) is 0 Å². The van der Waals surface area contributed by atoms with Gasteiger partial charge in [0, 0.05) is 6.04 Å². The molecule has 2 heterocycles. The molecule has 2 rings (SSSR count). The van der Waals surface area contributed by atoms with Gasteiger partial charge in [-0.15, -0.1) is 0 Å². The van der Waals surface area contributed by atoms with Crippen molar-refractivity contribution < 1.29 is 0 Å². The van der Waals surface area contributed by atoms with Gasteiger partial charge in [0.25, 0.3) is 0 Å². The van der Waals surface area contributed by atoms with E-state index in [0.717, 1.165) is 17.6 Å². The highest BCUT2D eigenvalue weighted by atomic mass is 15.1. The maximum Gasteiger partial charge on any atom is 0.166 e. The Bertz CT molecular complexity index is 497. The van der Waals surface area contributed by atoms with Crippen molar-refractivity contribution in [1.29, 1.82) is 0 Å². The number of nitrogens with two attached hydrogens (primary N) is 1. The minimum absolute atomic E-state index is 0.371. The third kappa shape index (κ3) is 2.03. The molecule has 0 fully saturated rings. The van der Waals surface area contributed by atoms with Crippen LogP contribution in [-0.2, 0) is 0 Å². The Balaban J connectivity index is 2.45. The lowest BCUT2D eigenvalue weighted by Gasteiger charge is -2.13. The largest absolute Gasteiger partial charge is 0.384 e. The Kier molecular flexibility index (Phi) is 2.85. The smallest absolute Gasteiger partial charge is 0.166 e. The van der Waals surface area contributed by atoms with Gasteiger partial charge >= 0.3 is 0 Å². The molecule has 5 nitrogen and oxygen atoms in total. The van der Waals surface area contributed by atoms with Crippen LogP contribution in [0.4, 0.5) is 11.6 Å². The van der Waals surface area contributed by atoms with Gasteiger partial charge in [-0.05, 0) is 25.5 Å². The quantitative estimate of drug-likeness (QED) is 0.820. The molecule has 84 valence electrons. The van der Waals surface area contributed by atoms with E-state index >= 15 is 0 Å². The van der Waals surface area contributed by atoms with Gasteiger partial charge in [-0.1, -0.05) is 6.92 Å². The molecule has 0 aliphatic heterocycles. The van der Waals surface area contributed by atoms with Crippen LogP contribution >= 0.6 is 0 Å². The van der Waals surface area contributed by atoms with Crippen LogP contribution in [0.15, 0.2) is 18.5 Å². The Labute approximate surface area is 94.1 Å². The molecule has 0 aliphatic rings. The van der Waals surface area contributed by atoms with E-state index < -0.39 is 0 Å². The highest BCUT2D eigenvalue weighted by Gasteiger charge is 2.06. The van der Waals surface area contributed by atoms with Crippen molar-refractivity contribution in [2.75, 3.05) is 11.1 Å². The number of hydrogen-bond acceptors (Lipinski definition) is 5. The van der Waals surface area contributed by atoms with Crippen molar-refractivity contribution in [2.24, 2.45) is 0 Å². The van der Waals surface area contributed by atoms with Gasteiger partial charge in [0.15, 0.2) is 5.65 Å². The van der Waals surface area contributed by atoms with Crippen LogP contribution in [0, 0.1) is 0 Å². The lowest BCUT2D eigenvalue weighted by atomic mass is 10.2. The molecular weight excluding hydrogens is 202 g/mol. The zero-order valence-electron chi connectivity index (χ0n) is 9.44. The second-order valence-electron chi connectivity index (χ2n) is 3.78. The molecule has 0 saturated heterocycles. The molecule has 2 aromatic rings. The summed E-state index contributed by atoms with van der Waals surface area (Å²) in [7, 11) is 0. The molecule has 2 aromatic heterocycles. The number of nitrogens with zero attached hydrogens (tertiary/aromatic N) is 3. The first-order chi connectivity index (χ1) is 7.70. The Morgan fingerprint density at radius 1 is 1.38 bits per heavy atom. The van der Waals surface area contributed by atoms with E-state index in [4.69, 9.17) is 5.73 Å². The van der Waals surface area contributed by atoms with Gasteiger partial charge in [0.05, 0.1) is 5.39 Å². The highest BCUT2D eigenvalue weighted by molar-refractivity contribution is 5.87. The maximum absolute atomic E-state index is 5.61. The zero-order chi connectivity index (χ0) is 11.5. The molecule has 3 N–H and O–H groups in total. The van der Waals surface area contributed by atoms with Crippen molar-refractivity contribution in [2.45, 2.75) is 26.3 Å². The number of nitrogen functional groups attached to an aromatic ring is 1. The van der Waals surface area contributed by atoms with Crippen LogP contribution in [0.1, 0.15) is 20.3 Å². The van der Waals surface area contributed by atoms with Gasteiger partial charge < -0.3 is 11.1 Å². The minimum atomic E-state index is 0.371. The van der Waals surface area contributed by atoms with Gasteiger partial charge in [-0.2, -0.15) is 0 Å². The van der Waals surface area contributed by atoms with Crippen LogP contribution in [0.3, 0.4) is 0 Å². The van der Waals surface area contributed by atoms with E-state index in [0.29, 0.717) is 17.5 Å². The summed E-state index contributed by atoms with van der Waals surface area (Å²) in [6.07, 6.45) is 2.54. The molecule has 1 atom stereocenters. The summed E-state index contributed by atoms with van der Waals surface area (Å²) in [5.41, 5.74) is 6.24. The number of fused-ring (bicyclic) bond motifs is 1. The van der Waals surface area contributed by atoms with Crippen LogP contribution in [0.25, 0.3) is 11.0 Å². The molecule has 1 unspecified atom stereocenters. The average Bonchev–Trinajstić information content (AvgIpc) is 2.28. The minimum Gasteiger partial charge on any atom is -0.384 e. The number of rotatable bonds is 3. The molecule has 0 spiro atoms. The summed E-state index contributed by atoms with van der Waals surface area (Å²) in [5.74, 6) is 1.28. The maximum atomic E-state index is 5.61. The number of anilines is 2. The van der Waals surface area contributed by atoms with Crippen molar-refractivity contribution in [3.8, 4) is 0 Å². The molecule has 16 heavy (non-hydrogen) atoms. The lowest BCUT2D eigenvalue weighted by molar-refractivity contribution is 0.760. The van der Waals surface area contributed by atoms with E-state index in [1.165, 1.54) is 6.33 Å². The first-order valence-electron chi connectivity index (χ1n) is 5.34. The molecular formula is C11H15N5. The Hall–Kier alpha value is -1.91. The van der Waals surface area contributed by atoms with Crippen molar-refractivity contribution in [3.05, 3.63) is 18.5 Å². The van der Waals surface area contributed by atoms with E-state index in [1.54, 1.807) is 6.07 Å². The molecule has 0 amide bonds. The molecule has 0 aliphatic carbocycles. The van der Waals surface area contributed by atoms with E-state index in [9.17, 15) is 0 Å². The monoisotopic (exact) mass is 217 g/mol. The third-order valence-electron chi connectivity index (χ3n) is 2.51. The molecule has 5 heteroatoms. The fourth-order valence-electron chi connectivity index (χ4n) is 1.41. The summed E-state index contributed by atoms with van der Waals surface area (Å²) < 4.78 is 0. The number of hydrogen-bond donors (Lipinski definition) is 2. The van der Waals surface area contributed by atoms with E-state index in [2.05, 4.69) is 34.1 Å². The SMILES string of the molecule is CCC(C)Nc1ncnc2nc(N)ccc12. The second kappa shape index (κ2) is 4.30. The summed E-state index contributed by atoms with van der Waals surface area (Å²) in [6, 6.07) is 4.02. The van der Waals surface area contributed by atoms with Gasteiger partial charge in [-0.25, -0.2) is 15.0 Å². The van der Waals surface area contributed by atoms with Crippen molar-refractivity contribution in [1.82, 2.24) is 15.0 Å². The number of pyridine rings is 1. The van der Waals surface area contributed by atoms with E-state index in [1.807, 2.05) is 6.07 Å². The molecule has 0 bridgehead atoms. The fourth-order valence-corrected chi connectivity index (χ4v) is 1.41. The fraction of sp³-hybridized carbons (Fsp3) is 0.364. The molecule has 0 radical (unpaired) electrons. The topological polar surface area (TPSA) is 76.7 Å². The Morgan fingerprint density at radius 3 is 2.94 bits per heavy atom. The van der Waals surface area contributed by atoms with Crippen molar-refractivity contribution >= 4 is 22.7 Å². The second-order valence-corrected chi connectivity index (χ2v) is 3.78. The summed E-state index contributed by atoms with van der Waals surface area (Å²) in [4.78, 5) is 12.5.